The predicted octanol–water partition coefficient (Wildman–Crippen LogP) is 1.34. The number of H-pyrrole nitrogens is 1. The van der Waals surface area contributed by atoms with Crippen molar-refractivity contribution in [3.63, 3.8) is 0 Å². The van der Waals surface area contributed by atoms with Crippen LogP contribution in [0, 0.1) is 0 Å². The fourth-order valence-electron chi connectivity index (χ4n) is 3.33. The quantitative estimate of drug-likeness (QED) is 0.742. The Labute approximate surface area is 164 Å². The Balaban J connectivity index is 1.84. The minimum atomic E-state index is -3.74. The summed E-state index contributed by atoms with van der Waals surface area (Å²) in [6, 6.07) is 5.96. The van der Waals surface area contributed by atoms with Gasteiger partial charge in [-0.25, -0.2) is 16.8 Å². The minimum Gasteiger partial charge on any atom is -0.326 e. The molecule has 0 bridgehead atoms. The number of hydrogen-bond acceptors (Lipinski definition) is 6. The van der Waals surface area contributed by atoms with Crippen molar-refractivity contribution in [1.29, 1.82) is 0 Å². The molecule has 1 fully saturated rings. The number of aromatic nitrogens is 2. The normalized spacial score (nSPS) is 18.7. The predicted molar refractivity (Wildman–Crippen MR) is 103 cm³/mol. The minimum absolute atomic E-state index is 0.108. The number of amides is 1. The molecule has 0 radical (unpaired) electrons. The number of piperidine rings is 1. The van der Waals surface area contributed by atoms with E-state index in [9.17, 15) is 21.6 Å². The number of sulfone groups is 1. The molecule has 2 N–H and O–H groups in total. The molecule has 9 nitrogen and oxygen atoms in total. The molecular weight excluding hydrogens is 404 g/mol. The van der Waals surface area contributed by atoms with E-state index in [-0.39, 0.29) is 28.2 Å². The highest BCUT2D eigenvalue weighted by molar-refractivity contribution is 7.90. The van der Waals surface area contributed by atoms with Crippen LogP contribution in [-0.4, -0.2) is 56.6 Å². The number of hydrogen-bond donors (Lipinski definition) is 2. The van der Waals surface area contributed by atoms with E-state index in [2.05, 4.69) is 15.5 Å². The maximum absolute atomic E-state index is 13.0. The lowest BCUT2D eigenvalue weighted by Gasteiger charge is -2.31. The summed E-state index contributed by atoms with van der Waals surface area (Å²) < 4.78 is 51.3. The van der Waals surface area contributed by atoms with Crippen LogP contribution in [0.25, 0.3) is 0 Å². The first-order valence-electron chi connectivity index (χ1n) is 8.70. The summed E-state index contributed by atoms with van der Waals surface area (Å²) in [5, 5.41) is 9.16. The van der Waals surface area contributed by atoms with Crippen LogP contribution in [0.2, 0.25) is 0 Å². The van der Waals surface area contributed by atoms with Crippen LogP contribution in [0.4, 0.5) is 5.69 Å². The highest BCUT2D eigenvalue weighted by atomic mass is 32.2. The molecule has 1 saturated heterocycles. The summed E-state index contributed by atoms with van der Waals surface area (Å²) in [6.45, 7) is 1.90. The van der Waals surface area contributed by atoms with Gasteiger partial charge in [0.2, 0.25) is 15.9 Å². The first-order valence-corrected chi connectivity index (χ1v) is 12.0. The third-order valence-electron chi connectivity index (χ3n) is 4.64. The van der Waals surface area contributed by atoms with Crippen molar-refractivity contribution < 1.29 is 21.6 Å². The van der Waals surface area contributed by atoms with E-state index in [1.165, 1.54) is 41.7 Å². The largest absolute Gasteiger partial charge is 0.326 e. The molecule has 1 aromatic carbocycles. The highest BCUT2D eigenvalue weighted by Gasteiger charge is 2.33. The van der Waals surface area contributed by atoms with Crippen molar-refractivity contribution in [3.05, 3.63) is 36.2 Å². The van der Waals surface area contributed by atoms with E-state index >= 15 is 0 Å². The van der Waals surface area contributed by atoms with Crippen molar-refractivity contribution in [2.24, 2.45) is 0 Å². The third-order valence-corrected chi connectivity index (χ3v) is 7.64. The Morgan fingerprint density at radius 1 is 1.21 bits per heavy atom. The first-order chi connectivity index (χ1) is 13.1. The molecule has 1 aromatic heterocycles. The van der Waals surface area contributed by atoms with Crippen LogP contribution in [0.15, 0.2) is 40.3 Å². The fraction of sp³-hybridized carbons (Fsp3) is 0.412. The zero-order valence-corrected chi connectivity index (χ0v) is 17.2. The molecule has 3 rings (SSSR count). The summed E-state index contributed by atoms with van der Waals surface area (Å²) in [7, 11) is -7.20. The van der Waals surface area contributed by atoms with Gasteiger partial charge in [0.05, 0.1) is 16.8 Å². The maximum Gasteiger partial charge on any atom is 0.243 e. The van der Waals surface area contributed by atoms with E-state index < -0.39 is 19.9 Å². The lowest BCUT2D eigenvalue weighted by molar-refractivity contribution is -0.114. The number of benzene rings is 1. The lowest BCUT2D eigenvalue weighted by atomic mass is 9.96. The molecule has 2 aromatic rings. The van der Waals surface area contributed by atoms with Crippen LogP contribution in [0.3, 0.4) is 0 Å². The first kappa shape index (κ1) is 20.5. The van der Waals surface area contributed by atoms with Crippen molar-refractivity contribution in [2.45, 2.75) is 35.5 Å². The molecule has 28 heavy (non-hydrogen) atoms. The second kappa shape index (κ2) is 7.64. The van der Waals surface area contributed by atoms with Crippen LogP contribution >= 0.6 is 0 Å². The SMILES string of the molecule is CC(=O)Nc1ccc(S(=O)(=O)N2CCC[C@@H](c3[nH]ncc3S(C)(=O)=O)C2)cc1. The van der Waals surface area contributed by atoms with E-state index in [1.807, 2.05) is 0 Å². The van der Waals surface area contributed by atoms with Crippen molar-refractivity contribution >= 4 is 31.5 Å². The van der Waals surface area contributed by atoms with Crippen molar-refractivity contribution in [1.82, 2.24) is 14.5 Å². The molecule has 1 amide bonds. The number of rotatable bonds is 5. The highest BCUT2D eigenvalue weighted by Crippen LogP contribution is 2.32. The summed E-state index contributed by atoms with van der Waals surface area (Å²) in [5.41, 5.74) is 0.960. The van der Waals surface area contributed by atoms with Gasteiger partial charge in [-0.2, -0.15) is 9.40 Å². The van der Waals surface area contributed by atoms with Gasteiger partial charge in [0.25, 0.3) is 0 Å². The number of carbonyl (C=O) groups is 1. The van der Waals surface area contributed by atoms with E-state index in [0.717, 1.165) is 6.26 Å². The Morgan fingerprint density at radius 3 is 2.50 bits per heavy atom. The Morgan fingerprint density at radius 2 is 1.89 bits per heavy atom. The van der Waals surface area contributed by atoms with E-state index in [0.29, 0.717) is 30.8 Å². The maximum atomic E-state index is 13.0. The molecular formula is C17H22N4O5S2. The zero-order valence-electron chi connectivity index (χ0n) is 15.5. The standard InChI is InChI=1S/C17H22N4O5S2/c1-12(22)19-14-5-7-15(8-6-14)28(25,26)21-9-3-4-13(11-21)17-16(10-18-20-17)27(2,23)24/h5-8,10,13H,3-4,9,11H2,1-2H3,(H,18,20)(H,19,22)/t13-/m1/s1. The second-order valence-corrected chi connectivity index (χ2v) is 10.7. The molecule has 11 heteroatoms. The summed E-state index contributed by atoms with van der Waals surface area (Å²) >= 11 is 0. The van der Waals surface area contributed by atoms with Crippen molar-refractivity contribution in [2.75, 3.05) is 24.7 Å². The summed E-state index contributed by atoms with van der Waals surface area (Å²) in [5.74, 6) is -0.523. The molecule has 0 aliphatic carbocycles. The number of nitrogens with one attached hydrogen (secondary N) is 2. The molecule has 152 valence electrons. The van der Waals surface area contributed by atoms with Gasteiger partial charge < -0.3 is 5.32 Å². The van der Waals surface area contributed by atoms with Crippen LogP contribution in [-0.2, 0) is 24.7 Å². The van der Waals surface area contributed by atoms with Crippen LogP contribution < -0.4 is 5.32 Å². The summed E-state index contributed by atoms with van der Waals surface area (Å²) in [6.07, 6.45) is 3.64. The Hall–Kier alpha value is -2.24. The average Bonchev–Trinajstić information content (AvgIpc) is 3.12. The van der Waals surface area contributed by atoms with Crippen molar-refractivity contribution in [3.8, 4) is 0 Å². The molecule has 1 atom stereocenters. The topological polar surface area (TPSA) is 129 Å². The molecule has 0 saturated carbocycles. The summed E-state index contributed by atoms with van der Waals surface area (Å²) in [4.78, 5) is 11.3. The Kier molecular flexibility index (Phi) is 5.60. The van der Waals surface area contributed by atoms with Gasteiger partial charge in [0.1, 0.15) is 4.90 Å². The molecule has 2 heterocycles. The molecule has 1 aliphatic rings. The van der Waals surface area contributed by atoms with Crippen LogP contribution in [0.1, 0.15) is 31.4 Å². The van der Waals surface area contributed by atoms with Crippen LogP contribution in [0.5, 0.6) is 0 Å². The third kappa shape index (κ3) is 4.26. The number of anilines is 1. The monoisotopic (exact) mass is 426 g/mol. The molecule has 0 unspecified atom stereocenters. The van der Waals surface area contributed by atoms with Gasteiger partial charge in [-0.3, -0.25) is 9.89 Å². The van der Waals surface area contributed by atoms with E-state index in [1.54, 1.807) is 0 Å². The lowest BCUT2D eigenvalue weighted by Crippen LogP contribution is -2.39. The number of sulfonamides is 1. The zero-order chi connectivity index (χ0) is 20.5. The average molecular weight is 427 g/mol. The molecule has 0 spiro atoms. The van der Waals surface area contributed by atoms with Gasteiger partial charge in [-0.15, -0.1) is 0 Å². The number of nitrogens with zero attached hydrogens (tertiary/aromatic N) is 2. The van der Waals surface area contributed by atoms with Gasteiger partial charge in [0, 0.05) is 37.9 Å². The Bertz CT molecular complexity index is 1080. The number of carbonyl (C=O) groups excluding carboxylic acids is 1. The number of aromatic amines is 1. The smallest absolute Gasteiger partial charge is 0.243 e. The van der Waals surface area contributed by atoms with Gasteiger partial charge in [0.15, 0.2) is 9.84 Å². The molecule has 1 aliphatic heterocycles. The van der Waals surface area contributed by atoms with Gasteiger partial charge in [-0.05, 0) is 37.1 Å². The van der Waals surface area contributed by atoms with Gasteiger partial charge >= 0.3 is 0 Å². The van der Waals surface area contributed by atoms with Gasteiger partial charge in [-0.1, -0.05) is 0 Å². The van der Waals surface area contributed by atoms with E-state index in [4.69, 9.17) is 0 Å². The second-order valence-electron chi connectivity index (χ2n) is 6.83. The fourth-order valence-corrected chi connectivity index (χ4v) is 5.71.